The highest BCUT2D eigenvalue weighted by Crippen LogP contribution is 2.53. The van der Waals surface area contributed by atoms with E-state index in [2.05, 4.69) is 0 Å². The van der Waals surface area contributed by atoms with Gasteiger partial charge in [-0.2, -0.15) is 13.2 Å². The number of anilines is 3. The molecule has 1 saturated heterocycles. The van der Waals surface area contributed by atoms with Crippen LogP contribution in [0.3, 0.4) is 0 Å². The topological polar surface area (TPSA) is 165 Å². The standard InChI is InChI=1S/C77H54F5N3O10/c1-41-38-42(2)40-44(39-41)62-58(20-11-21-59(62)95-61-19-10-17-57-65(61)73(93)85(72(57)92)51-34-28-46(29-35-51)75(3,4)45-26-32-49(33-27-45)83-68(88)52-12-5-6-13-53(52)69(83)89)94-60-18-9-16-56-64(60)67(87)63(66(56)86)43-22-24-47(25-23-43)76(74(78)79,77(80,81)82)48-30-36-50(37-31-48)84-70(90)54-14-7-8-15-55(54)71(84)91/h5-40,56-57,63-65,74H,1-4H3. The van der Waals surface area contributed by atoms with Crippen molar-refractivity contribution in [2.24, 2.45) is 23.7 Å². The third-order valence-electron chi connectivity index (χ3n) is 19.0. The van der Waals surface area contributed by atoms with Crippen molar-refractivity contribution in [1.29, 1.82) is 0 Å². The van der Waals surface area contributed by atoms with Gasteiger partial charge < -0.3 is 9.47 Å². The summed E-state index contributed by atoms with van der Waals surface area (Å²) in [6.45, 7) is 7.82. The number of alkyl halides is 5. The Balaban J connectivity index is 0.709. The molecule has 14 rings (SSSR count). The maximum absolute atomic E-state index is 15.5. The number of hydrogen-bond donors (Lipinski definition) is 0. The van der Waals surface area contributed by atoms with Crippen molar-refractivity contribution in [3.05, 3.63) is 291 Å². The average molecular weight is 1280 g/mol. The molecule has 1 saturated carbocycles. The van der Waals surface area contributed by atoms with Gasteiger partial charge in [0.15, 0.2) is 17.0 Å². The van der Waals surface area contributed by atoms with E-state index < -0.39 is 111 Å². The molecule has 0 bridgehead atoms. The van der Waals surface area contributed by atoms with Crippen LogP contribution in [0.4, 0.5) is 39.0 Å². The third-order valence-corrected chi connectivity index (χ3v) is 19.0. The molecule has 3 aliphatic carbocycles. The molecule has 0 N–H and O–H groups in total. The van der Waals surface area contributed by atoms with Crippen molar-refractivity contribution in [2.45, 2.75) is 57.0 Å². The van der Waals surface area contributed by atoms with Gasteiger partial charge in [0.1, 0.15) is 34.9 Å². The lowest BCUT2D eigenvalue weighted by Crippen LogP contribution is -2.49. The molecule has 2 fully saturated rings. The van der Waals surface area contributed by atoms with E-state index in [-0.39, 0.29) is 45.4 Å². The quantitative estimate of drug-likeness (QED) is 0.0581. The van der Waals surface area contributed by atoms with Crippen molar-refractivity contribution < 1.29 is 69.8 Å². The lowest BCUT2D eigenvalue weighted by molar-refractivity contribution is -0.211. The molecule has 0 spiro atoms. The predicted octanol–water partition coefficient (Wildman–Crippen LogP) is 14.6. The van der Waals surface area contributed by atoms with Crippen molar-refractivity contribution in [3.63, 3.8) is 0 Å². The Morgan fingerprint density at radius 1 is 0.442 bits per heavy atom. The van der Waals surface area contributed by atoms with Gasteiger partial charge in [-0.05, 0) is 132 Å². The molecule has 6 atom stereocenters. The molecule has 6 aliphatic rings. The SMILES string of the molecule is Cc1cc(C)cc(-c2c(OC3=CC=CC4C(=O)C(c5ccc(C(c6ccc(N7C(=O)c8ccccc8C7=O)cc6)(C(F)F)C(F)(F)F)cc5)C(=O)C34)cccc2OC2=CC=CC3C(=O)N(c4ccc(C(C)(C)c5ccc(N6C(=O)c7ccccc7C6=O)cc5)cc4)C(=O)C23)c1. The number of benzene rings is 8. The zero-order valence-electron chi connectivity index (χ0n) is 51.1. The smallest absolute Gasteiger partial charge is 0.407 e. The Morgan fingerprint density at radius 2 is 0.853 bits per heavy atom. The Kier molecular flexibility index (Phi) is 14.7. The van der Waals surface area contributed by atoms with Crippen LogP contribution in [0, 0.1) is 37.5 Å². The van der Waals surface area contributed by atoms with Crippen molar-refractivity contribution in [1.82, 2.24) is 0 Å². The van der Waals surface area contributed by atoms with Crippen LogP contribution < -0.4 is 24.2 Å². The fraction of sp³-hybridized carbons (Fsp3) is 0.169. The molecular formula is C77H54F5N3O10. The number of allylic oxidation sites excluding steroid dienone is 6. The number of Topliss-reactive ketones (excluding diaryl/α,β-unsaturated/α-hetero) is 2. The molecular weight excluding hydrogens is 1220 g/mol. The summed E-state index contributed by atoms with van der Waals surface area (Å²) in [5.41, 5.74) is -0.470. The number of imide groups is 3. The Morgan fingerprint density at radius 3 is 1.29 bits per heavy atom. The van der Waals surface area contributed by atoms with Crippen LogP contribution in [0.1, 0.15) is 100 Å². The fourth-order valence-electron chi connectivity index (χ4n) is 14.2. The predicted molar refractivity (Wildman–Crippen MR) is 342 cm³/mol. The van der Waals surface area contributed by atoms with Crippen LogP contribution in [0.25, 0.3) is 11.1 Å². The van der Waals surface area contributed by atoms with E-state index in [0.717, 1.165) is 85.5 Å². The van der Waals surface area contributed by atoms with E-state index in [0.29, 0.717) is 33.6 Å². The van der Waals surface area contributed by atoms with Gasteiger partial charge >= 0.3 is 6.18 Å². The number of hydrogen-bond acceptors (Lipinski definition) is 10. The van der Waals surface area contributed by atoms with E-state index >= 15 is 22.0 Å². The lowest BCUT2D eigenvalue weighted by Gasteiger charge is -2.36. The van der Waals surface area contributed by atoms with E-state index in [9.17, 15) is 38.4 Å². The summed E-state index contributed by atoms with van der Waals surface area (Å²) in [7, 11) is 0. The van der Waals surface area contributed by atoms with Crippen molar-refractivity contribution in [2.75, 3.05) is 14.7 Å². The molecule has 0 radical (unpaired) electrons. The molecule has 3 aliphatic heterocycles. The average Bonchev–Trinajstić information content (AvgIpc) is 1.39. The molecule has 18 heteroatoms. The largest absolute Gasteiger partial charge is 0.460 e. The highest BCUT2D eigenvalue weighted by molar-refractivity contribution is 6.35. The van der Waals surface area contributed by atoms with Crippen LogP contribution in [-0.4, -0.2) is 59.6 Å². The summed E-state index contributed by atoms with van der Waals surface area (Å²) in [5, 5.41) is 0. The summed E-state index contributed by atoms with van der Waals surface area (Å²) in [6, 6.07) is 44.9. The Hall–Kier alpha value is -11.3. The van der Waals surface area contributed by atoms with Gasteiger partial charge in [0, 0.05) is 5.41 Å². The van der Waals surface area contributed by atoms with Crippen LogP contribution in [0.2, 0.25) is 0 Å². The first-order valence-corrected chi connectivity index (χ1v) is 30.5. The van der Waals surface area contributed by atoms with Crippen molar-refractivity contribution in [3.8, 4) is 22.6 Å². The van der Waals surface area contributed by atoms with Gasteiger partial charge in [0.25, 0.3) is 30.1 Å². The van der Waals surface area contributed by atoms with Crippen molar-refractivity contribution >= 4 is 64.1 Å². The molecule has 0 aromatic heterocycles. The maximum atomic E-state index is 15.5. The second-order valence-corrected chi connectivity index (χ2v) is 24.9. The van der Waals surface area contributed by atoms with Gasteiger partial charge in [-0.25, -0.2) is 23.5 Å². The zero-order chi connectivity index (χ0) is 66.7. The molecule has 8 aromatic carbocycles. The normalized spacial score (nSPS) is 20.5. The number of nitrogens with zero attached hydrogens (tertiary/aromatic N) is 3. The summed E-state index contributed by atoms with van der Waals surface area (Å²) in [6.07, 6.45) is -0.195. The van der Waals surface area contributed by atoms with Crippen LogP contribution >= 0.6 is 0 Å². The molecule has 8 aromatic rings. The van der Waals surface area contributed by atoms with Gasteiger partial charge in [-0.15, -0.1) is 0 Å². The first-order chi connectivity index (χ1) is 45.5. The number of ether oxygens (including phenoxy) is 2. The highest BCUT2D eigenvalue weighted by Gasteiger charge is 2.64. The first-order valence-electron chi connectivity index (χ1n) is 30.5. The molecule has 6 unspecified atom stereocenters. The highest BCUT2D eigenvalue weighted by atomic mass is 19.4. The van der Waals surface area contributed by atoms with E-state index in [1.807, 2.05) is 70.2 Å². The summed E-state index contributed by atoms with van der Waals surface area (Å²) >= 11 is 0. The molecule has 13 nitrogen and oxygen atoms in total. The summed E-state index contributed by atoms with van der Waals surface area (Å²) < 4.78 is 90.9. The lowest BCUT2D eigenvalue weighted by atomic mass is 9.73. The minimum Gasteiger partial charge on any atom is -0.460 e. The van der Waals surface area contributed by atoms with Gasteiger partial charge in [-0.3, -0.25) is 38.4 Å². The Labute approximate surface area is 540 Å². The number of carbonyl (C=O) groups excluding carboxylic acids is 8. The van der Waals surface area contributed by atoms with Gasteiger partial charge in [0.05, 0.1) is 62.6 Å². The molecule has 472 valence electrons. The maximum Gasteiger partial charge on any atom is 0.407 e. The second-order valence-electron chi connectivity index (χ2n) is 24.9. The van der Waals surface area contributed by atoms with E-state index in [4.69, 9.17) is 9.47 Å². The monoisotopic (exact) mass is 1280 g/mol. The van der Waals surface area contributed by atoms with E-state index in [1.54, 1.807) is 103 Å². The first kappa shape index (κ1) is 61.2. The fourth-order valence-corrected chi connectivity index (χ4v) is 14.2. The molecule has 6 amide bonds. The number of rotatable bonds is 14. The molecule has 95 heavy (non-hydrogen) atoms. The van der Waals surface area contributed by atoms with Crippen LogP contribution in [0.15, 0.2) is 230 Å². The number of ketones is 2. The minimum atomic E-state index is -5.62. The third kappa shape index (κ3) is 9.70. The number of amides is 6. The minimum absolute atomic E-state index is 0.0414. The zero-order valence-corrected chi connectivity index (χ0v) is 51.1. The number of aryl methyl sites for hydroxylation is 2. The summed E-state index contributed by atoms with van der Waals surface area (Å²) in [4.78, 5) is 114. The molecule has 3 heterocycles. The summed E-state index contributed by atoms with van der Waals surface area (Å²) in [5.74, 6) is -9.84. The number of halogens is 5. The number of carbonyl (C=O) groups is 8. The Bertz CT molecular complexity index is 4690. The van der Waals surface area contributed by atoms with Crippen LogP contribution in [-0.2, 0) is 30.0 Å². The number of fused-ring (bicyclic) bond motifs is 4. The van der Waals surface area contributed by atoms with Crippen LogP contribution in [0.5, 0.6) is 11.5 Å². The van der Waals surface area contributed by atoms with Gasteiger partial charge in [-0.1, -0.05) is 158 Å². The van der Waals surface area contributed by atoms with E-state index in [1.165, 1.54) is 24.3 Å². The second kappa shape index (κ2) is 22.8. The van der Waals surface area contributed by atoms with Gasteiger partial charge in [0.2, 0.25) is 11.8 Å².